The third kappa shape index (κ3) is 2.41. The van der Waals surface area contributed by atoms with Crippen molar-refractivity contribution >= 4 is 28.3 Å². The fraction of sp³-hybridized carbons (Fsp3) is 0.300. The van der Waals surface area contributed by atoms with E-state index in [1.165, 1.54) is 12.8 Å². The van der Waals surface area contributed by atoms with Crippen molar-refractivity contribution in [2.24, 2.45) is 11.3 Å². The molecule has 5 rings (SSSR count). The van der Waals surface area contributed by atoms with Crippen molar-refractivity contribution < 1.29 is 4.79 Å². The molecule has 6 nitrogen and oxygen atoms in total. The molecule has 1 atom stereocenters. The van der Waals surface area contributed by atoms with Gasteiger partial charge in [0.2, 0.25) is 5.91 Å². The second-order valence-corrected chi connectivity index (χ2v) is 7.48. The Morgan fingerprint density at radius 1 is 1.31 bits per heavy atom. The number of amides is 1. The lowest BCUT2D eigenvalue weighted by Gasteiger charge is -2.10. The molecule has 3 heterocycles. The van der Waals surface area contributed by atoms with Crippen LogP contribution in [0.3, 0.4) is 0 Å². The Labute approximate surface area is 150 Å². The number of hydrogen-bond donors (Lipinski definition) is 2. The van der Waals surface area contributed by atoms with Gasteiger partial charge in [-0.05, 0) is 60.7 Å². The summed E-state index contributed by atoms with van der Waals surface area (Å²) in [4.78, 5) is 25.4. The predicted octanol–water partition coefficient (Wildman–Crippen LogP) is 3.32. The van der Waals surface area contributed by atoms with Crippen molar-refractivity contribution in [2.75, 3.05) is 11.1 Å². The lowest BCUT2D eigenvalue weighted by atomic mass is 10.1. The van der Waals surface area contributed by atoms with Gasteiger partial charge < -0.3 is 11.1 Å². The number of pyridine rings is 3. The molecule has 3 N–H and O–H groups in total. The molecule has 0 saturated heterocycles. The van der Waals surface area contributed by atoms with E-state index < -0.39 is 0 Å². The highest BCUT2D eigenvalue weighted by atomic mass is 16.2. The molecular formula is C20H19N5O. The number of fused-ring (bicyclic) bond motifs is 1. The van der Waals surface area contributed by atoms with E-state index in [-0.39, 0.29) is 11.8 Å². The van der Waals surface area contributed by atoms with Crippen molar-refractivity contribution in [1.82, 2.24) is 15.0 Å². The number of rotatable bonds is 3. The van der Waals surface area contributed by atoms with Gasteiger partial charge in [-0.1, -0.05) is 0 Å². The van der Waals surface area contributed by atoms with Gasteiger partial charge in [0, 0.05) is 35.5 Å². The zero-order chi connectivity index (χ0) is 17.9. The predicted molar refractivity (Wildman–Crippen MR) is 100 cm³/mol. The molecule has 2 fully saturated rings. The second kappa shape index (κ2) is 5.24. The van der Waals surface area contributed by atoms with Gasteiger partial charge in [-0.2, -0.15) is 0 Å². The first kappa shape index (κ1) is 15.3. The van der Waals surface area contributed by atoms with Crippen molar-refractivity contribution in [3.63, 3.8) is 0 Å². The molecule has 2 aliphatic rings. The molecule has 130 valence electrons. The lowest BCUT2D eigenvalue weighted by Crippen LogP contribution is -2.15. The van der Waals surface area contributed by atoms with Crippen LogP contribution in [0.15, 0.2) is 36.8 Å². The van der Waals surface area contributed by atoms with Crippen molar-refractivity contribution in [3.8, 4) is 11.3 Å². The zero-order valence-electron chi connectivity index (χ0n) is 14.5. The molecule has 3 aromatic heterocycles. The van der Waals surface area contributed by atoms with Gasteiger partial charge in [0.1, 0.15) is 11.6 Å². The number of aromatic nitrogens is 3. The Kier molecular flexibility index (Phi) is 3.07. The monoisotopic (exact) mass is 345 g/mol. The number of aryl methyl sites for hydroxylation is 1. The van der Waals surface area contributed by atoms with E-state index in [0.29, 0.717) is 17.1 Å². The van der Waals surface area contributed by atoms with E-state index >= 15 is 0 Å². The van der Waals surface area contributed by atoms with Crippen LogP contribution in [0.1, 0.15) is 24.8 Å². The summed E-state index contributed by atoms with van der Waals surface area (Å²) in [5.74, 6) is 1.23. The minimum atomic E-state index is 0.0831. The Morgan fingerprint density at radius 2 is 2.15 bits per heavy atom. The van der Waals surface area contributed by atoms with E-state index in [0.717, 1.165) is 34.0 Å². The normalized spacial score (nSPS) is 19.5. The van der Waals surface area contributed by atoms with Crippen LogP contribution < -0.4 is 11.1 Å². The summed E-state index contributed by atoms with van der Waals surface area (Å²) >= 11 is 0. The van der Waals surface area contributed by atoms with E-state index in [1.807, 2.05) is 25.1 Å². The topological polar surface area (TPSA) is 93.8 Å². The molecule has 26 heavy (non-hydrogen) atoms. The van der Waals surface area contributed by atoms with Gasteiger partial charge in [0.15, 0.2) is 0 Å². The molecule has 3 aromatic rings. The minimum absolute atomic E-state index is 0.0831. The summed E-state index contributed by atoms with van der Waals surface area (Å²) in [5.41, 5.74) is 9.26. The fourth-order valence-corrected chi connectivity index (χ4v) is 3.76. The van der Waals surface area contributed by atoms with E-state index in [2.05, 4.69) is 20.3 Å². The van der Waals surface area contributed by atoms with E-state index in [9.17, 15) is 4.79 Å². The number of nitrogens with one attached hydrogen (secondary N) is 1. The van der Waals surface area contributed by atoms with Crippen molar-refractivity contribution in [1.29, 1.82) is 0 Å². The number of carbonyl (C=O) groups is 1. The van der Waals surface area contributed by atoms with Crippen LogP contribution in [0.4, 0.5) is 11.6 Å². The maximum atomic E-state index is 12.4. The molecular weight excluding hydrogens is 326 g/mol. The van der Waals surface area contributed by atoms with Gasteiger partial charge in [-0.25, -0.2) is 9.97 Å². The molecule has 1 unspecified atom stereocenters. The van der Waals surface area contributed by atoms with Crippen LogP contribution in [0.2, 0.25) is 0 Å². The summed E-state index contributed by atoms with van der Waals surface area (Å²) in [7, 11) is 0. The number of nitrogens with zero attached hydrogens (tertiary/aromatic N) is 3. The molecule has 0 bridgehead atoms. The van der Waals surface area contributed by atoms with Crippen LogP contribution in [-0.2, 0) is 4.79 Å². The molecule has 0 aromatic carbocycles. The number of nitrogen functional groups attached to an aromatic ring is 1. The smallest absolute Gasteiger partial charge is 0.229 e. The molecule has 0 aliphatic heterocycles. The number of nitrogens with two attached hydrogens (primary N) is 1. The Balaban J connectivity index is 1.50. The third-order valence-electron chi connectivity index (χ3n) is 5.71. The number of anilines is 2. The lowest BCUT2D eigenvalue weighted by molar-refractivity contribution is -0.117. The number of carbonyl (C=O) groups excluding carboxylic acids is 1. The zero-order valence-corrected chi connectivity index (χ0v) is 14.5. The average Bonchev–Trinajstić information content (AvgIpc) is 3.54. The summed E-state index contributed by atoms with van der Waals surface area (Å²) < 4.78 is 0. The highest BCUT2D eigenvalue weighted by molar-refractivity contribution is 5.99. The van der Waals surface area contributed by atoms with Gasteiger partial charge in [-0.3, -0.25) is 9.78 Å². The van der Waals surface area contributed by atoms with Crippen LogP contribution >= 0.6 is 0 Å². The summed E-state index contributed by atoms with van der Waals surface area (Å²) in [6, 6.07) is 5.77. The molecule has 1 amide bonds. The largest absolute Gasteiger partial charge is 0.383 e. The maximum absolute atomic E-state index is 12.4. The van der Waals surface area contributed by atoms with E-state index in [4.69, 9.17) is 5.73 Å². The van der Waals surface area contributed by atoms with Crippen LogP contribution in [0.25, 0.3) is 22.0 Å². The summed E-state index contributed by atoms with van der Waals surface area (Å²) in [6.45, 7) is 2.01. The number of hydrogen-bond acceptors (Lipinski definition) is 5. The Bertz CT molecular complexity index is 1060. The standard InChI is InChI=1S/C20H19N5O/c1-11-2-5-22-9-13(11)16-6-12-7-17(23-10-14(12)18(21)24-16)25-19(26)15-8-20(15)3-4-20/h2,5-7,9-10,15H,3-4,8H2,1H3,(H2,21,24)(H,23,25,26). The van der Waals surface area contributed by atoms with Crippen LogP contribution in [0, 0.1) is 18.3 Å². The highest BCUT2D eigenvalue weighted by Gasteiger charge is 2.65. The van der Waals surface area contributed by atoms with Gasteiger partial charge in [-0.15, -0.1) is 0 Å². The minimum Gasteiger partial charge on any atom is -0.383 e. The van der Waals surface area contributed by atoms with Crippen LogP contribution in [0.5, 0.6) is 0 Å². The van der Waals surface area contributed by atoms with Crippen LogP contribution in [-0.4, -0.2) is 20.9 Å². The van der Waals surface area contributed by atoms with E-state index in [1.54, 1.807) is 18.6 Å². The van der Waals surface area contributed by atoms with Gasteiger partial charge in [0.05, 0.1) is 5.69 Å². The molecule has 0 radical (unpaired) electrons. The Hall–Kier alpha value is -3.02. The Morgan fingerprint density at radius 3 is 2.88 bits per heavy atom. The third-order valence-corrected chi connectivity index (χ3v) is 5.71. The maximum Gasteiger partial charge on any atom is 0.229 e. The first-order valence-corrected chi connectivity index (χ1v) is 8.84. The first-order chi connectivity index (χ1) is 12.6. The van der Waals surface area contributed by atoms with Crippen molar-refractivity contribution in [3.05, 3.63) is 42.4 Å². The molecule has 2 aliphatic carbocycles. The molecule has 6 heteroatoms. The molecule has 1 spiro atoms. The average molecular weight is 345 g/mol. The summed E-state index contributed by atoms with van der Waals surface area (Å²) in [6.07, 6.45) is 8.61. The molecule has 2 saturated carbocycles. The SMILES string of the molecule is Cc1ccncc1-c1cc2cc(NC(=O)C3CC34CC4)ncc2c(N)n1. The second-order valence-electron chi connectivity index (χ2n) is 7.48. The first-order valence-electron chi connectivity index (χ1n) is 8.84. The van der Waals surface area contributed by atoms with Gasteiger partial charge in [0.25, 0.3) is 0 Å². The quantitative estimate of drug-likeness (QED) is 0.759. The highest BCUT2D eigenvalue weighted by Crippen LogP contribution is 2.70. The summed E-state index contributed by atoms with van der Waals surface area (Å²) in [5, 5.41) is 4.64. The van der Waals surface area contributed by atoms with Crippen molar-refractivity contribution in [2.45, 2.75) is 26.2 Å². The fourth-order valence-electron chi connectivity index (χ4n) is 3.76. The van der Waals surface area contributed by atoms with Gasteiger partial charge >= 0.3 is 0 Å².